The van der Waals surface area contributed by atoms with Gasteiger partial charge in [0, 0.05) is 26.2 Å². The largest absolute Gasteiger partial charge is 0.338 e. The van der Waals surface area contributed by atoms with Crippen LogP contribution in [-0.2, 0) is 0 Å². The summed E-state index contributed by atoms with van der Waals surface area (Å²) in [4.78, 5) is 19.1. The number of hydrogen-bond acceptors (Lipinski definition) is 5. The second-order valence-electron chi connectivity index (χ2n) is 6.08. The maximum absolute atomic E-state index is 12.9. The summed E-state index contributed by atoms with van der Waals surface area (Å²) in [6.45, 7) is 5.45. The zero-order chi connectivity index (χ0) is 15.1. The molecule has 7 heteroatoms. The maximum Gasteiger partial charge on any atom is 0.258 e. The molecular weight excluding hydrogens is 316 g/mol. The number of nitrogens with one attached hydrogen (secondary N) is 1. The molecule has 6 nitrogen and oxygen atoms in total. The average Bonchev–Trinajstić information content (AvgIpc) is 3.21. The predicted molar refractivity (Wildman–Crippen MR) is 87.5 cm³/mol. The molecule has 0 bridgehead atoms. The standard InChI is InChI=1S/C16H18N4O2.ClH/c1-10-18-15(22-19-10)13-4-2-3-5-14(13)16(21)20-8-11-6-17-7-12(11)9-20;/h2-5,11-12,17H,6-9H2,1H3;1H/t11-,12+;. The molecule has 0 unspecified atom stereocenters. The molecule has 2 aliphatic heterocycles. The minimum atomic E-state index is 0. The Balaban J connectivity index is 0.00000156. The van der Waals surface area contributed by atoms with Gasteiger partial charge in [-0.05, 0) is 30.9 Å². The highest BCUT2D eigenvalue weighted by Crippen LogP contribution is 2.29. The van der Waals surface area contributed by atoms with E-state index in [9.17, 15) is 4.79 Å². The van der Waals surface area contributed by atoms with E-state index in [1.807, 2.05) is 29.2 Å². The fourth-order valence-electron chi connectivity index (χ4n) is 3.45. The third kappa shape index (κ3) is 2.84. The zero-order valence-corrected chi connectivity index (χ0v) is 13.7. The second kappa shape index (κ2) is 6.29. The van der Waals surface area contributed by atoms with E-state index in [2.05, 4.69) is 15.5 Å². The first-order valence-corrected chi connectivity index (χ1v) is 7.62. The molecule has 3 heterocycles. The maximum atomic E-state index is 12.9. The molecule has 2 atom stereocenters. The number of aryl methyl sites for hydroxylation is 1. The number of likely N-dealkylation sites (tertiary alicyclic amines) is 1. The number of carbonyl (C=O) groups excluding carboxylic acids is 1. The van der Waals surface area contributed by atoms with Gasteiger partial charge < -0.3 is 14.7 Å². The van der Waals surface area contributed by atoms with Crippen LogP contribution in [0.3, 0.4) is 0 Å². The second-order valence-corrected chi connectivity index (χ2v) is 6.08. The lowest BCUT2D eigenvalue weighted by molar-refractivity contribution is 0.0782. The molecule has 2 aliphatic rings. The molecule has 0 spiro atoms. The molecule has 23 heavy (non-hydrogen) atoms. The van der Waals surface area contributed by atoms with Gasteiger partial charge >= 0.3 is 0 Å². The number of aromatic nitrogens is 2. The Morgan fingerprint density at radius 2 is 1.96 bits per heavy atom. The minimum Gasteiger partial charge on any atom is -0.338 e. The van der Waals surface area contributed by atoms with Crippen molar-refractivity contribution in [3.63, 3.8) is 0 Å². The van der Waals surface area contributed by atoms with Crippen molar-refractivity contribution < 1.29 is 9.32 Å². The third-order valence-corrected chi connectivity index (χ3v) is 4.59. The lowest BCUT2D eigenvalue weighted by Gasteiger charge is -2.18. The number of amides is 1. The molecule has 0 radical (unpaired) electrons. The first-order chi connectivity index (χ1) is 10.7. The van der Waals surface area contributed by atoms with Crippen LogP contribution < -0.4 is 5.32 Å². The van der Waals surface area contributed by atoms with Gasteiger partial charge in [0.05, 0.1) is 11.1 Å². The van der Waals surface area contributed by atoms with Gasteiger partial charge in [0.2, 0.25) is 0 Å². The summed E-state index contributed by atoms with van der Waals surface area (Å²) >= 11 is 0. The summed E-state index contributed by atoms with van der Waals surface area (Å²) in [6, 6.07) is 7.45. The fraction of sp³-hybridized carbons (Fsp3) is 0.438. The number of rotatable bonds is 2. The number of nitrogens with zero attached hydrogens (tertiary/aromatic N) is 3. The molecule has 2 fully saturated rings. The van der Waals surface area contributed by atoms with E-state index in [4.69, 9.17) is 4.52 Å². The van der Waals surface area contributed by atoms with Crippen LogP contribution in [0.25, 0.3) is 11.5 Å². The van der Waals surface area contributed by atoms with Crippen molar-refractivity contribution >= 4 is 18.3 Å². The number of halogens is 1. The summed E-state index contributed by atoms with van der Waals surface area (Å²) in [5, 5.41) is 7.21. The average molecular weight is 335 g/mol. The number of hydrogen-bond donors (Lipinski definition) is 1. The van der Waals surface area contributed by atoms with Crippen molar-refractivity contribution in [3.05, 3.63) is 35.7 Å². The van der Waals surface area contributed by atoms with Crippen molar-refractivity contribution in [2.45, 2.75) is 6.92 Å². The minimum absolute atomic E-state index is 0. The third-order valence-electron chi connectivity index (χ3n) is 4.59. The van der Waals surface area contributed by atoms with Crippen LogP contribution in [0, 0.1) is 18.8 Å². The molecule has 1 aromatic heterocycles. The smallest absolute Gasteiger partial charge is 0.258 e. The van der Waals surface area contributed by atoms with Crippen LogP contribution in [0.5, 0.6) is 0 Å². The van der Waals surface area contributed by atoms with E-state index in [0.717, 1.165) is 26.2 Å². The van der Waals surface area contributed by atoms with Crippen molar-refractivity contribution in [2.24, 2.45) is 11.8 Å². The van der Waals surface area contributed by atoms with E-state index >= 15 is 0 Å². The predicted octanol–water partition coefficient (Wildman–Crippen LogP) is 1.76. The Kier molecular flexibility index (Phi) is 4.37. The van der Waals surface area contributed by atoms with Gasteiger partial charge in [-0.3, -0.25) is 4.79 Å². The Morgan fingerprint density at radius 1 is 1.26 bits per heavy atom. The molecule has 0 saturated carbocycles. The van der Waals surface area contributed by atoms with Crippen LogP contribution in [0.4, 0.5) is 0 Å². The number of benzene rings is 1. The van der Waals surface area contributed by atoms with Gasteiger partial charge in [-0.1, -0.05) is 17.3 Å². The fourth-order valence-corrected chi connectivity index (χ4v) is 3.45. The summed E-state index contributed by atoms with van der Waals surface area (Å²) < 4.78 is 5.24. The highest BCUT2D eigenvalue weighted by molar-refractivity contribution is 6.00. The molecule has 2 aromatic rings. The highest BCUT2D eigenvalue weighted by Gasteiger charge is 2.38. The summed E-state index contributed by atoms with van der Waals surface area (Å²) in [5.74, 6) is 2.20. The Labute approximate surface area is 140 Å². The highest BCUT2D eigenvalue weighted by atomic mass is 35.5. The summed E-state index contributed by atoms with van der Waals surface area (Å²) in [5.41, 5.74) is 1.35. The topological polar surface area (TPSA) is 71.3 Å². The molecule has 1 amide bonds. The lowest BCUT2D eigenvalue weighted by atomic mass is 10.0. The Morgan fingerprint density at radius 3 is 2.61 bits per heavy atom. The molecular formula is C16H19ClN4O2. The monoisotopic (exact) mass is 334 g/mol. The van der Waals surface area contributed by atoms with Gasteiger partial charge in [-0.25, -0.2) is 0 Å². The van der Waals surface area contributed by atoms with Gasteiger partial charge in [-0.2, -0.15) is 4.98 Å². The van der Waals surface area contributed by atoms with Crippen LogP contribution in [-0.4, -0.2) is 47.1 Å². The van der Waals surface area contributed by atoms with Crippen LogP contribution >= 0.6 is 12.4 Å². The van der Waals surface area contributed by atoms with E-state index in [0.29, 0.717) is 34.7 Å². The first kappa shape index (κ1) is 16.0. The SMILES string of the molecule is Cc1noc(-c2ccccc2C(=O)N2C[C@H]3CNC[C@H]3C2)n1.Cl. The van der Waals surface area contributed by atoms with Gasteiger partial charge in [0.15, 0.2) is 5.82 Å². The molecule has 2 saturated heterocycles. The van der Waals surface area contributed by atoms with E-state index < -0.39 is 0 Å². The van der Waals surface area contributed by atoms with Crippen molar-refractivity contribution in [2.75, 3.05) is 26.2 Å². The number of carbonyl (C=O) groups is 1. The van der Waals surface area contributed by atoms with Crippen molar-refractivity contribution in [1.82, 2.24) is 20.4 Å². The number of fused-ring (bicyclic) bond motifs is 1. The lowest BCUT2D eigenvalue weighted by Crippen LogP contribution is -2.32. The van der Waals surface area contributed by atoms with Crippen LogP contribution in [0.2, 0.25) is 0 Å². The molecule has 122 valence electrons. The quantitative estimate of drug-likeness (QED) is 0.906. The van der Waals surface area contributed by atoms with Gasteiger partial charge in [0.25, 0.3) is 11.8 Å². The van der Waals surface area contributed by atoms with Gasteiger partial charge in [-0.15, -0.1) is 12.4 Å². The summed E-state index contributed by atoms with van der Waals surface area (Å²) in [6.07, 6.45) is 0. The molecule has 0 aliphatic carbocycles. The van der Waals surface area contributed by atoms with Gasteiger partial charge in [0.1, 0.15) is 0 Å². The molecule has 1 aromatic carbocycles. The molecule has 4 rings (SSSR count). The van der Waals surface area contributed by atoms with E-state index in [1.165, 1.54) is 0 Å². The van der Waals surface area contributed by atoms with E-state index in [1.54, 1.807) is 6.92 Å². The van der Waals surface area contributed by atoms with Crippen molar-refractivity contribution in [3.8, 4) is 11.5 Å². The van der Waals surface area contributed by atoms with Crippen LogP contribution in [0.1, 0.15) is 16.2 Å². The van der Waals surface area contributed by atoms with Crippen LogP contribution in [0.15, 0.2) is 28.8 Å². The first-order valence-electron chi connectivity index (χ1n) is 7.62. The summed E-state index contributed by atoms with van der Waals surface area (Å²) in [7, 11) is 0. The normalized spacial score (nSPS) is 22.7. The Bertz CT molecular complexity index is 706. The Hall–Kier alpha value is -1.92. The van der Waals surface area contributed by atoms with Crippen molar-refractivity contribution in [1.29, 1.82) is 0 Å². The zero-order valence-electron chi connectivity index (χ0n) is 12.9. The van der Waals surface area contributed by atoms with E-state index in [-0.39, 0.29) is 18.3 Å². The molecule has 1 N–H and O–H groups in total.